The van der Waals surface area contributed by atoms with Gasteiger partial charge in [0, 0.05) is 46.0 Å². The van der Waals surface area contributed by atoms with Gasteiger partial charge in [-0.05, 0) is 81.7 Å². The molecule has 2 aliphatic rings. The number of nitrogens with zero attached hydrogens (tertiary/aromatic N) is 3. The number of pyridine rings is 2. The van der Waals surface area contributed by atoms with Crippen molar-refractivity contribution in [1.82, 2.24) is 9.97 Å². The first-order valence-corrected chi connectivity index (χ1v) is 15.0. The summed E-state index contributed by atoms with van der Waals surface area (Å²) in [6.07, 6.45) is 3.63. The molecule has 9 rings (SSSR count). The van der Waals surface area contributed by atoms with E-state index in [0.29, 0.717) is 0 Å². The van der Waals surface area contributed by atoms with E-state index in [0.717, 1.165) is 22.5 Å². The Morgan fingerprint density at radius 2 is 0.977 bits per heavy atom. The lowest BCUT2D eigenvalue weighted by molar-refractivity contribution is 1.28. The SMILES string of the molecule is c1ccc(-c2ccc3c(c2)-c2ccccc2B2c4ccccc4-c4cc(-c5cccc(-c6ccncc6)n5)ccc4N23)cc1. The van der Waals surface area contributed by atoms with E-state index in [1.807, 2.05) is 24.5 Å². The van der Waals surface area contributed by atoms with Crippen molar-refractivity contribution in [1.29, 1.82) is 0 Å². The number of aromatic nitrogens is 2. The Kier molecular flexibility index (Phi) is 5.60. The van der Waals surface area contributed by atoms with E-state index in [1.165, 1.54) is 55.7 Å². The van der Waals surface area contributed by atoms with E-state index in [-0.39, 0.29) is 6.85 Å². The van der Waals surface area contributed by atoms with Gasteiger partial charge in [-0.25, -0.2) is 4.98 Å². The third kappa shape index (κ3) is 3.85. The molecule has 3 nitrogen and oxygen atoms in total. The van der Waals surface area contributed by atoms with Crippen LogP contribution in [0.5, 0.6) is 0 Å². The Hall–Kier alpha value is -5.74. The van der Waals surface area contributed by atoms with Crippen molar-refractivity contribution in [3.63, 3.8) is 0 Å². The van der Waals surface area contributed by atoms with Crippen molar-refractivity contribution in [3.8, 4) is 55.9 Å². The summed E-state index contributed by atoms with van der Waals surface area (Å²) in [5.74, 6) is 0. The number of rotatable bonds is 3. The van der Waals surface area contributed by atoms with E-state index < -0.39 is 0 Å². The highest BCUT2D eigenvalue weighted by Crippen LogP contribution is 2.47. The van der Waals surface area contributed by atoms with Crippen LogP contribution in [0.2, 0.25) is 0 Å². The monoisotopic (exact) mass is 559 g/mol. The Labute approximate surface area is 257 Å². The number of hydrogen-bond donors (Lipinski definition) is 0. The molecular weight excluding hydrogens is 533 g/mol. The zero-order valence-corrected chi connectivity index (χ0v) is 23.9. The summed E-state index contributed by atoms with van der Waals surface area (Å²) in [6.45, 7) is 0.0870. The highest BCUT2D eigenvalue weighted by atomic mass is 15.1. The van der Waals surface area contributed by atoms with Crippen LogP contribution in [0.3, 0.4) is 0 Å². The second kappa shape index (κ2) is 9.93. The summed E-state index contributed by atoms with van der Waals surface area (Å²) in [7, 11) is 0. The summed E-state index contributed by atoms with van der Waals surface area (Å²) in [5.41, 5.74) is 16.7. The van der Waals surface area contributed by atoms with Gasteiger partial charge in [0.15, 0.2) is 0 Å². The second-order valence-corrected chi connectivity index (χ2v) is 11.4. The number of anilines is 2. The second-order valence-electron chi connectivity index (χ2n) is 11.4. The van der Waals surface area contributed by atoms with Crippen molar-refractivity contribution in [2.45, 2.75) is 0 Å². The smallest absolute Gasteiger partial charge is 0.329 e. The van der Waals surface area contributed by atoms with Gasteiger partial charge in [-0.2, -0.15) is 0 Å². The molecule has 0 N–H and O–H groups in total. The molecule has 0 amide bonds. The Morgan fingerprint density at radius 1 is 0.409 bits per heavy atom. The highest BCUT2D eigenvalue weighted by Gasteiger charge is 2.42. The molecule has 7 aromatic rings. The van der Waals surface area contributed by atoms with E-state index in [2.05, 4.69) is 143 Å². The maximum Gasteiger partial charge on any atom is 0.329 e. The van der Waals surface area contributed by atoms with Gasteiger partial charge in [0.2, 0.25) is 0 Å². The fourth-order valence-corrected chi connectivity index (χ4v) is 6.99. The summed E-state index contributed by atoms with van der Waals surface area (Å²) in [5, 5.41) is 0. The molecule has 0 bridgehead atoms. The first kappa shape index (κ1) is 24.8. The molecule has 5 aromatic carbocycles. The Bertz CT molecular complexity index is 2190. The van der Waals surface area contributed by atoms with Crippen LogP contribution in [-0.4, -0.2) is 16.8 Å². The lowest BCUT2D eigenvalue weighted by Gasteiger charge is -2.43. The normalized spacial score (nSPS) is 12.5. The quantitative estimate of drug-likeness (QED) is 0.204. The minimum atomic E-state index is 0.0870. The summed E-state index contributed by atoms with van der Waals surface area (Å²) >= 11 is 0. The zero-order chi connectivity index (χ0) is 29.0. The van der Waals surface area contributed by atoms with Gasteiger partial charge in [0.25, 0.3) is 0 Å². The minimum absolute atomic E-state index is 0.0870. The molecule has 0 radical (unpaired) electrons. The zero-order valence-electron chi connectivity index (χ0n) is 23.9. The molecule has 2 aromatic heterocycles. The van der Waals surface area contributed by atoms with Crippen LogP contribution in [0.4, 0.5) is 11.4 Å². The van der Waals surface area contributed by atoms with E-state index in [4.69, 9.17) is 4.98 Å². The molecule has 0 spiro atoms. The Morgan fingerprint density at radius 3 is 1.66 bits per heavy atom. The average molecular weight is 559 g/mol. The largest absolute Gasteiger partial charge is 0.376 e. The van der Waals surface area contributed by atoms with E-state index in [1.54, 1.807) is 0 Å². The predicted molar refractivity (Wildman–Crippen MR) is 183 cm³/mol. The average Bonchev–Trinajstić information content (AvgIpc) is 3.12. The molecule has 4 heterocycles. The molecular formula is C40H26BN3. The minimum Gasteiger partial charge on any atom is -0.376 e. The van der Waals surface area contributed by atoms with E-state index >= 15 is 0 Å². The van der Waals surface area contributed by atoms with Crippen LogP contribution < -0.4 is 15.7 Å². The van der Waals surface area contributed by atoms with Gasteiger partial charge in [0.05, 0.1) is 11.4 Å². The van der Waals surface area contributed by atoms with E-state index in [9.17, 15) is 0 Å². The van der Waals surface area contributed by atoms with Crippen molar-refractivity contribution in [2.24, 2.45) is 0 Å². The first-order valence-electron chi connectivity index (χ1n) is 15.0. The topological polar surface area (TPSA) is 29.0 Å². The molecule has 0 saturated heterocycles. The standard InChI is InChI=1S/C40H26BN3/c1-2-9-27(10-3-1)29-17-19-39-33(25-29)31-11-4-6-13-35(31)41-36-14-7-5-12-32(36)34-26-30(18-20-40(34)44(39)41)38-16-8-15-37(43-38)28-21-23-42-24-22-28/h1-26H. The third-order valence-electron chi connectivity index (χ3n) is 8.99. The van der Waals surface area contributed by atoms with Crippen LogP contribution in [0.25, 0.3) is 55.9 Å². The van der Waals surface area contributed by atoms with Gasteiger partial charge in [0.1, 0.15) is 0 Å². The van der Waals surface area contributed by atoms with Gasteiger partial charge in [-0.15, -0.1) is 0 Å². The van der Waals surface area contributed by atoms with Gasteiger partial charge in [-0.3, -0.25) is 4.98 Å². The highest BCUT2D eigenvalue weighted by molar-refractivity contribution is 6.92. The molecule has 0 unspecified atom stereocenters. The number of benzene rings is 5. The molecule has 0 atom stereocenters. The number of fused-ring (bicyclic) bond motifs is 11. The van der Waals surface area contributed by atoms with Crippen molar-refractivity contribution in [3.05, 3.63) is 158 Å². The fraction of sp³-hybridized carbons (Fsp3) is 0. The lowest BCUT2D eigenvalue weighted by Crippen LogP contribution is -2.59. The van der Waals surface area contributed by atoms with Gasteiger partial charge in [-0.1, -0.05) is 97.1 Å². The van der Waals surface area contributed by atoms with Crippen LogP contribution >= 0.6 is 0 Å². The van der Waals surface area contributed by atoms with Crippen LogP contribution in [0, 0.1) is 0 Å². The van der Waals surface area contributed by atoms with Crippen molar-refractivity contribution < 1.29 is 0 Å². The van der Waals surface area contributed by atoms with Crippen LogP contribution in [-0.2, 0) is 0 Å². The summed E-state index contributed by atoms with van der Waals surface area (Å²) < 4.78 is 0. The molecule has 2 aliphatic heterocycles. The number of hydrogen-bond acceptors (Lipinski definition) is 3. The molecule has 4 heteroatoms. The Balaban J connectivity index is 1.24. The van der Waals surface area contributed by atoms with Gasteiger partial charge < -0.3 is 4.81 Å². The maximum atomic E-state index is 5.06. The van der Waals surface area contributed by atoms with Crippen molar-refractivity contribution in [2.75, 3.05) is 4.81 Å². The molecule has 0 fully saturated rings. The molecule has 204 valence electrons. The van der Waals surface area contributed by atoms with Gasteiger partial charge >= 0.3 is 6.85 Å². The lowest BCUT2D eigenvalue weighted by atomic mass is 9.43. The molecule has 44 heavy (non-hydrogen) atoms. The van der Waals surface area contributed by atoms with Crippen LogP contribution in [0.1, 0.15) is 0 Å². The summed E-state index contributed by atoms with van der Waals surface area (Å²) in [4.78, 5) is 11.8. The third-order valence-corrected chi connectivity index (χ3v) is 8.99. The predicted octanol–water partition coefficient (Wildman–Crippen LogP) is 8.38. The van der Waals surface area contributed by atoms with Crippen LogP contribution in [0.15, 0.2) is 158 Å². The van der Waals surface area contributed by atoms with Crippen molar-refractivity contribution >= 4 is 29.1 Å². The summed E-state index contributed by atoms with van der Waals surface area (Å²) in [6, 6.07) is 52.5. The molecule has 0 saturated carbocycles. The fourth-order valence-electron chi connectivity index (χ4n) is 6.99. The maximum absolute atomic E-state index is 5.06. The molecule has 0 aliphatic carbocycles. The first-order chi connectivity index (χ1) is 21.8.